The fourth-order valence-electron chi connectivity index (χ4n) is 2.28. The predicted octanol–water partition coefficient (Wildman–Crippen LogP) is 4.45. The molecule has 19 heavy (non-hydrogen) atoms. The molecule has 1 aromatic heterocycles. The number of pyridine rings is 1. The van der Waals surface area contributed by atoms with Crippen LogP contribution < -0.4 is 4.90 Å². The summed E-state index contributed by atoms with van der Waals surface area (Å²) in [5.74, 6) is 0.968. The smallest absolute Gasteiger partial charge is 0.137 e. The van der Waals surface area contributed by atoms with Gasteiger partial charge < -0.3 is 0 Å². The van der Waals surface area contributed by atoms with E-state index in [1.54, 1.807) is 0 Å². The number of rotatable bonds is 3. The highest BCUT2D eigenvalue weighted by Crippen LogP contribution is 2.31. The Labute approximate surface area is 113 Å². The summed E-state index contributed by atoms with van der Waals surface area (Å²) in [5.41, 5.74) is 2.44. The first-order valence-corrected chi connectivity index (χ1v) is 6.57. The largest absolute Gasteiger partial charge is 0.299 e. The molecule has 0 aliphatic heterocycles. The second kappa shape index (κ2) is 5.53. The number of para-hydroxylation sites is 1. The Morgan fingerprint density at radius 1 is 0.947 bits per heavy atom. The van der Waals surface area contributed by atoms with E-state index in [-0.39, 0.29) is 0 Å². The van der Waals surface area contributed by atoms with Gasteiger partial charge in [0.1, 0.15) is 5.82 Å². The van der Waals surface area contributed by atoms with Crippen molar-refractivity contribution in [3.05, 3.63) is 78.7 Å². The Morgan fingerprint density at radius 3 is 2.47 bits per heavy atom. The molecular formula is C17H16N2. The summed E-state index contributed by atoms with van der Waals surface area (Å²) in [5, 5.41) is 0. The van der Waals surface area contributed by atoms with Gasteiger partial charge in [-0.3, -0.25) is 4.90 Å². The van der Waals surface area contributed by atoms with Crippen LogP contribution in [0.2, 0.25) is 0 Å². The van der Waals surface area contributed by atoms with Crippen LogP contribution in [0.5, 0.6) is 0 Å². The van der Waals surface area contributed by atoms with Crippen molar-refractivity contribution in [2.45, 2.75) is 12.8 Å². The van der Waals surface area contributed by atoms with Gasteiger partial charge in [-0.1, -0.05) is 36.4 Å². The van der Waals surface area contributed by atoms with Crippen molar-refractivity contribution in [2.75, 3.05) is 4.90 Å². The summed E-state index contributed by atoms with van der Waals surface area (Å²) < 4.78 is 0. The maximum Gasteiger partial charge on any atom is 0.137 e. The van der Waals surface area contributed by atoms with Crippen molar-refractivity contribution in [1.29, 1.82) is 0 Å². The van der Waals surface area contributed by atoms with Crippen molar-refractivity contribution in [3.8, 4) is 0 Å². The van der Waals surface area contributed by atoms with E-state index in [1.807, 2.05) is 30.5 Å². The first kappa shape index (κ1) is 11.7. The van der Waals surface area contributed by atoms with Gasteiger partial charge in [-0.2, -0.15) is 0 Å². The van der Waals surface area contributed by atoms with E-state index in [0.717, 1.165) is 24.3 Å². The minimum Gasteiger partial charge on any atom is -0.299 e. The first-order valence-electron chi connectivity index (χ1n) is 6.57. The number of allylic oxidation sites excluding steroid dienone is 4. The maximum atomic E-state index is 4.49. The van der Waals surface area contributed by atoms with Crippen LogP contribution >= 0.6 is 0 Å². The Balaban J connectivity index is 2.06. The third-order valence-corrected chi connectivity index (χ3v) is 3.17. The average molecular weight is 248 g/mol. The molecular weight excluding hydrogens is 232 g/mol. The standard InChI is InChI=1S/C17H16N2/c1-3-9-15(10-4-1)19(16-11-5-2-6-12-16)17-13-7-8-14-18-17/h1-5,7-11,13-14H,6,12H2. The third-order valence-electron chi connectivity index (χ3n) is 3.17. The van der Waals surface area contributed by atoms with Gasteiger partial charge in [0.05, 0.1) is 0 Å². The molecule has 0 fully saturated rings. The van der Waals surface area contributed by atoms with Crippen LogP contribution in [0.3, 0.4) is 0 Å². The molecule has 0 saturated carbocycles. The zero-order valence-electron chi connectivity index (χ0n) is 10.7. The quantitative estimate of drug-likeness (QED) is 0.797. The van der Waals surface area contributed by atoms with Crippen LogP contribution in [0.1, 0.15) is 12.8 Å². The number of nitrogens with zero attached hydrogens (tertiary/aromatic N) is 2. The number of benzene rings is 1. The fourth-order valence-corrected chi connectivity index (χ4v) is 2.28. The van der Waals surface area contributed by atoms with E-state index in [9.17, 15) is 0 Å². The fraction of sp³-hybridized carbons (Fsp3) is 0.118. The van der Waals surface area contributed by atoms with E-state index in [2.05, 4.69) is 52.4 Å². The van der Waals surface area contributed by atoms with E-state index < -0.39 is 0 Å². The number of anilines is 2. The van der Waals surface area contributed by atoms with E-state index in [1.165, 1.54) is 5.70 Å². The van der Waals surface area contributed by atoms with Gasteiger partial charge in [-0.15, -0.1) is 0 Å². The van der Waals surface area contributed by atoms with Gasteiger partial charge in [0.15, 0.2) is 0 Å². The van der Waals surface area contributed by atoms with E-state index in [4.69, 9.17) is 0 Å². The van der Waals surface area contributed by atoms with E-state index in [0.29, 0.717) is 0 Å². The monoisotopic (exact) mass is 248 g/mol. The van der Waals surface area contributed by atoms with Gasteiger partial charge in [0.2, 0.25) is 0 Å². The molecule has 3 rings (SSSR count). The minimum atomic E-state index is 0.968. The van der Waals surface area contributed by atoms with Gasteiger partial charge in [-0.25, -0.2) is 4.98 Å². The normalized spacial score (nSPS) is 14.0. The molecule has 1 heterocycles. The predicted molar refractivity (Wildman–Crippen MR) is 79.3 cm³/mol. The lowest BCUT2D eigenvalue weighted by Crippen LogP contribution is -2.18. The van der Waals surface area contributed by atoms with Crippen molar-refractivity contribution < 1.29 is 0 Å². The minimum absolute atomic E-state index is 0.968. The average Bonchev–Trinajstić information content (AvgIpc) is 2.51. The van der Waals surface area contributed by atoms with Gasteiger partial charge in [0, 0.05) is 17.6 Å². The highest BCUT2D eigenvalue weighted by molar-refractivity contribution is 5.65. The molecule has 2 nitrogen and oxygen atoms in total. The van der Waals surface area contributed by atoms with Crippen molar-refractivity contribution in [3.63, 3.8) is 0 Å². The maximum absolute atomic E-state index is 4.49. The zero-order valence-corrected chi connectivity index (χ0v) is 10.7. The molecule has 1 aromatic carbocycles. The number of aromatic nitrogens is 1. The molecule has 0 spiro atoms. The molecule has 0 radical (unpaired) electrons. The molecule has 0 atom stereocenters. The molecule has 0 unspecified atom stereocenters. The van der Waals surface area contributed by atoms with E-state index >= 15 is 0 Å². The summed E-state index contributed by atoms with van der Waals surface area (Å²) in [6.07, 6.45) is 10.5. The number of hydrogen-bond donors (Lipinski definition) is 0. The second-order valence-electron chi connectivity index (χ2n) is 4.48. The summed E-state index contributed by atoms with van der Waals surface area (Å²) in [6, 6.07) is 16.4. The topological polar surface area (TPSA) is 16.1 Å². The van der Waals surface area contributed by atoms with Crippen LogP contribution in [-0.4, -0.2) is 4.98 Å². The van der Waals surface area contributed by atoms with Crippen LogP contribution in [0, 0.1) is 0 Å². The Morgan fingerprint density at radius 2 is 1.79 bits per heavy atom. The van der Waals surface area contributed by atoms with Crippen LogP contribution in [0.15, 0.2) is 78.7 Å². The molecule has 94 valence electrons. The lowest BCUT2D eigenvalue weighted by Gasteiger charge is -2.27. The summed E-state index contributed by atoms with van der Waals surface area (Å²) in [6.45, 7) is 0. The van der Waals surface area contributed by atoms with Gasteiger partial charge in [-0.05, 0) is 43.2 Å². The third kappa shape index (κ3) is 2.58. The zero-order chi connectivity index (χ0) is 12.9. The summed E-state index contributed by atoms with van der Waals surface area (Å²) in [4.78, 5) is 6.72. The Kier molecular flexibility index (Phi) is 3.41. The molecule has 0 saturated heterocycles. The molecule has 2 heteroatoms. The summed E-state index contributed by atoms with van der Waals surface area (Å²) >= 11 is 0. The molecule has 1 aliphatic carbocycles. The molecule has 0 bridgehead atoms. The van der Waals surface area contributed by atoms with Crippen molar-refractivity contribution >= 4 is 11.5 Å². The van der Waals surface area contributed by atoms with Crippen molar-refractivity contribution in [1.82, 2.24) is 4.98 Å². The van der Waals surface area contributed by atoms with Crippen LogP contribution in [0.25, 0.3) is 0 Å². The van der Waals surface area contributed by atoms with Crippen LogP contribution in [-0.2, 0) is 0 Å². The lowest BCUT2D eigenvalue weighted by molar-refractivity contribution is 0.908. The Bertz CT molecular complexity index is 546. The number of hydrogen-bond acceptors (Lipinski definition) is 2. The van der Waals surface area contributed by atoms with Crippen LogP contribution in [0.4, 0.5) is 11.5 Å². The highest BCUT2D eigenvalue weighted by Gasteiger charge is 2.15. The molecule has 0 N–H and O–H groups in total. The molecule has 2 aromatic rings. The second-order valence-corrected chi connectivity index (χ2v) is 4.48. The van der Waals surface area contributed by atoms with Gasteiger partial charge in [0.25, 0.3) is 0 Å². The van der Waals surface area contributed by atoms with Crippen molar-refractivity contribution in [2.24, 2.45) is 0 Å². The molecule has 1 aliphatic rings. The Hall–Kier alpha value is -2.35. The highest BCUT2D eigenvalue weighted by atomic mass is 15.2. The SMILES string of the molecule is C1=CCCC(N(c2ccccc2)c2ccccn2)=C1. The molecule has 0 amide bonds. The van der Waals surface area contributed by atoms with Gasteiger partial charge >= 0.3 is 0 Å². The lowest BCUT2D eigenvalue weighted by atomic mass is 10.1. The first-order chi connectivity index (χ1) is 9.45. The summed E-state index contributed by atoms with van der Waals surface area (Å²) in [7, 11) is 0.